The van der Waals surface area contributed by atoms with Gasteiger partial charge in [0.05, 0.1) is 19.3 Å². The molecule has 32 heavy (non-hydrogen) atoms. The molecular weight excluding hydrogens is 439 g/mol. The Labute approximate surface area is 221 Å². The van der Waals surface area contributed by atoms with Gasteiger partial charge < -0.3 is 9.84 Å². The maximum absolute atomic E-state index is 10.3. The van der Waals surface area contributed by atoms with Gasteiger partial charge in [0, 0.05) is 6.42 Å². The van der Waals surface area contributed by atoms with Crippen LogP contribution >= 0.6 is 0 Å². The van der Waals surface area contributed by atoms with Crippen molar-refractivity contribution in [1.82, 2.24) is 0 Å². The zero-order chi connectivity index (χ0) is 23.6. The fourth-order valence-electron chi connectivity index (χ4n) is 3.14. The number of aliphatic carboxylic acids is 1. The van der Waals surface area contributed by atoms with Gasteiger partial charge in [0.15, 0.2) is 0 Å². The Morgan fingerprint density at radius 1 is 0.875 bits per heavy atom. The van der Waals surface area contributed by atoms with Gasteiger partial charge >= 0.3 is 35.5 Å². The van der Waals surface area contributed by atoms with E-state index in [0.29, 0.717) is 13.0 Å². The number of unbranched alkanes of at least 4 members (excludes halogenated alkanes) is 14. The van der Waals surface area contributed by atoms with Gasteiger partial charge in [-0.3, -0.25) is 8.98 Å². The van der Waals surface area contributed by atoms with Crippen molar-refractivity contribution in [2.45, 2.75) is 123 Å². The van der Waals surface area contributed by atoms with Crippen molar-refractivity contribution in [1.29, 1.82) is 0 Å². The molecule has 0 amide bonds. The summed E-state index contributed by atoms with van der Waals surface area (Å²) in [7, 11) is -2.77. The van der Waals surface area contributed by atoms with Crippen LogP contribution in [0.25, 0.3) is 0 Å². The molecule has 0 aliphatic heterocycles. The molecule has 1 N–H and O–H groups in total. The minimum absolute atomic E-state index is 0. The predicted molar refractivity (Wildman–Crippen MR) is 136 cm³/mol. The number of carboxylic acids is 1. The number of carboxylic acid groups (broad SMARTS) is 1. The maximum atomic E-state index is 10.3. The van der Waals surface area contributed by atoms with Crippen LogP contribution in [0.15, 0.2) is 12.7 Å². The van der Waals surface area contributed by atoms with Gasteiger partial charge in [0.1, 0.15) is 0 Å². The first-order valence-corrected chi connectivity index (χ1v) is 13.2. The average molecular weight is 489 g/mol. The van der Waals surface area contributed by atoms with Crippen LogP contribution < -0.4 is 0 Å². The Hall–Kier alpha value is 0.0800. The quantitative estimate of drug-likeness (QED) is 0.0866. The van der Waals surface area contributed by atoms with E-state index in [1.54, 1.807) is 13.0 Å². The number of hydrogen-bond donors (Lipinski definition) is 2. The molecule has 0 aromatic heterocycles. The van der Waals surface area contributed by atoms with E-state index in [2.05, 4.69) is 17.7 Å². The van der Waals surface area contributed by atoms with Gasteiger partial charge in [-0.05, 0) is 13.3 Å². The zero-order valence-electron chi connectivity index (χ0n) is 20.0. The summed E-state index contributed by atoms with van der Waals surface area (Å²) >= 11 is 0. The van der Waals surface area contributed by atoms with E-state index in [-0.39, 0.29) is 36.2 Å². The summed E-state index contributed by atoms with van der Waals surface area (Å²) in [4.78, 5) is 10.3. The van der Waals surface area contributed by atoms with Crippen LogP contribution in [0.1, 0.15) is 117 Å². The summed E-state index contributed by atoms with van der Waals surface area (Å²) < 4.78 is 29.3. The van der Waals surface area contributed by atoms with Crippen molar-refractivity contribution in [3.63, 3.8) is 0 Å². The Kier molecular flexibility index (Phi) is 35.6. The monoisotopic (exact) mass is 488 g/mol. The third-order valence-electron chi connectivity index (χ3n) is 4.85. The molecule has 188 valence electrons. The molecule has 1 unspecified atom stereocenters. The van der Waals surface area contributed by atoms with Gasteiger partial charge in [-0.15, -0.1) is 6.58 Å². The van der Waals surface area contributed by atoms with Crippen LogP contribution in [0, 0.1) is 0 Å². The van der Waals surface area contributed by atoms with Crippen LogP contribution in [-0.4, -0.2) is 68.4 Å². The van der Waals surface area contributed by atoms with Gasteiger partial charge in [-0.1, -0.05) is 103 Å². The van der Waals surface area contributed by atoms with Gasteiger partial charge in [0.25, 0.3) is 11.0 Å². The zero-order valence-corrected chi connectivity index (χ0v) is 20.9. The molecule has 0 spiro atoms. The summed E-state index contributed by atoms with van der Waals surface area (Å²) in [5.74, 6) is -0.653. The second-order valence-corrected chi connectivity index (χ2v) is 8.72. The molecule has 1 atom stereocenters. The van der Waals surface area contributed by atoms with Crippen molar-refractivity contribution >= 4 is 46.5 Å². The summed E-state index contributed by atoms with van der Waals surface area (Å²) in [5.41, 5.74) is 0. The Balaban J connectivity index is -0.000000597. The van der Waals surface area contributed by atoms with E-state index in [1.807, 2.05) is 0 Å². The van der Waals surface area contributed by atoms with Crippen molar-refractivity contribution in [3.05, 3.63) is 12.7 Å². The van der Waals surface area contributed by atoms with E-state index in [0.717, 1.165) is 12.8 Å². The molecule has 0 fully saturated rings. The number of thiol groups is 1. The normalized spacial score (nSPS) is 11.3. The predicted octanol–water partition coefficient (Wildman–Crippen LogP) is 5.80. The van der Waals surface area contributed by atoms with Crippen LogP contribution in [0.5, 0.6) is 0 Å². The Morgan fingerprint density at radius 3 is 1.62 bits per heavy atom. The van der Waals surface area contributed by atoms with E-state index in [4.69, 9.17) is 9.84 Å². The third-order valence-corrected chi connectivity index (χ3v) is 5.38. The first-order valence-electron chi connectivity index (χ1n) is 12.2. The fourth-order valence-corrected chi connectivity index (χ4v) is 3.50. The fraction of sp³-hybridized carbons (Fsp3) is 0.875. The molecular formula is C24H49NaO6S. The van der Waals surface area contributed by atoms with Gasteiger partial charge in [-0.2, -0.15) is 0 Å². The SMILES string of the molecule is C=CCOCC(C)O[SH](=O)=O.CCCCCCCCCCCCCCCCCC(=O)O.[NaH]. The standard InChI is InChI=1S/C18H36O2.C6H12O4S.Na.H/c1-2-3-4-5-6-7-8-9-10-11-12-13-14-15-16-17-18(19)20;1-3-4-9-5-6(2)10-11(7)8;;/h2-17H2,1H3,(H,19,20);3,6,11H,1,4-5H2,2H3;;. The number of carbonyl (C=O) groups is 1. The topological polar surface area (TPSA) is 89.9 Å². The number of ether oxygens (including phenoxy) is 1. The molecule has 0 bridgehead atoms. The minimum atomic E-state index is -2.77. The average Bonchev–Trinajstić information content (AvgIpc) is 2.71. The van der Waals surface area contributed by atoms with E-state index in [9.17, 15) is 13.2 Å². The summed E-state index contributed by atoms with van der Waals surface area (Å²) in [5, 5.41) is 8.52. The van der Waals surface area contributed by atoms with Crippen LogP contribution in [0.2, 0.25) is 0 Å². The summed E-state index contributed by atoms with van der Waals surface area (Å²) in [6.45, 7) is 7.99. The Morgan fingerprint density at radius 2 is 1.28 bits per heavy atom. The molecule has 0 saturated carbocycles. The molecule has 0 aromatic rings. The third kappa shape index (κ3) is 37.4. The molecule has 0 heterocycles. The van der Waals surface area contributed by atoms with Crippen LogP contribution in [-0.2, 0) is 24.7 Å². The first kappa shape index (κ1) is 36.6. The molecule has 0 radical (unpaired) electrons. The molecule has 8 heteroatoms. The molecule has 0 aromatic carbocycles. The van der Waals surface area contributed by atoms with Gasteiger partial charge in [-0.25, -0.2) is 8.42 Å². The number of rotatable bonds is 22. The van der Waals surface area contributed by atoms with E-state index < -0.39 is 23.1 Å². The first-order chi connectivity index (χ1) is 14.9. The van der Waals surface area contributed by atoms with Gasteiger partial charge in [0.2, 0.25) is 0 Å². The number of hydrogen-bond acceptors (Lipinski definition) is 5. The second kappa shape index (κ2) is 31.1. The molecule has 6 nitrogen and oxygen atoms in total. The molecule has 0 saturated heterocycles. The summed E-state index contributed by atoms with van der Waals surface area (Å²) in [6, 6.07) is 0. The Bertz CT molecular complexity index is 463. The molecule has 0 aliphatic carbocycles. The van der Waals surface area contributed by atoms with Crippen molar-refractivity contribution in [2.24, 2.45) is 0 Å². The second-order valence-electron chi connectivity index (χ2n) is 8.06. The van der Waals surface area contributed by atoms with Crippen molar-refractivity contribution in [3.8, 4) is 0 Å². The van der Waals surface area contributed by atoms with Crippen LogP contribution in [0.4, 0.5) is 0 Å². The van der Waals surface area contributed by atoms with E-state index >= 15 is 0 Å². The van der Waals surface area contributed by atoms with E-state index in [1.165, 1.54) is 83.5 Å². The van der Waals surface area contributed by atoms with Crippen molar-refractivity contribution in [2.75, 3.05) is 13.2 Å². The summed E-state index contributed by atoms with van der Waals surface area (Å²) in [6.07, 6.45) is 21.4. The van der Waals surface area contributed by atoms with Crippen LogP contribution in [0.3, 0.4) is 0 Å². The van der Waals surface area contributed by atoms with Crippen molar-refractivity contribution < 1.29 is 27.2 Å². The molecule has 0 aliphatic rings. The molecule has 0 rings (SSSR count).